The zero-order chi connectivity index (χ0) is 19.3. The predicted octanol–water partition coefficient (Wildman–Crippen LogP) is 2.90. The average molecular weight is 356 g/mol. The number of carbonyl (C=O) groups excluding carboxylic acids is 2. The Hall–Kier alpha value is -3.02. The van der Waals surface area contributed by atoms with Crippen LogP contribution in [-0.4, -0.2) is 45.0 Å². The second-order valence-electron chi connectivity index (χ2n) is 6.10. The summed E-state index contributed by atoms with van der Waals surface area (Å²) in [5.41, 5.74) is 2.70. The summed E-state index contributed by atoms with van der Waals surface area (Å²) in [4.78, 5) is 26.5. The molecule has 0 heterocycles. The molecule has 2 aromatic carbocycles. The Labute approximate surface area is 153 Å². The van der Waals surface area contributed by atoms with E-state index in [0.717, 1.165) is 11.1 Å². The van der Waals surface area contributed by atoms with E-state index in [9.17, 15) is 9.59 Å². The summed E-state index contributed by atoms with van der Waals surface area (Å²) >= 11 is 0. The summed E-state index contributed by atoms with van der Waals surface area (Å²) in [6, 6.07) is 10.9. The van der Waals surface area contributed by atoms with Gasteiger partial charge in [-0.1, -0.05) is 24.3 Å². The van der Waals surface area contributed by atoms with Crippen LogP contribution in [0.4, 0.5) is 5.69 Å². The molecule has 0 spiro atoms. The Bertz CT molecular complexity index is 815. The van der Waals surface area contributed by atoms with E-state index in [2.05, 4.69) is 5.32 Å². The second kappa shape index (κ2) is 8.38. The normalized spacial score (nSPS) is 10.2. The molecule has 1 N–H and O–H groups in total. The van der Waals surface area contributed by atoms with Crippen molar-refractivity contribution in [1.29, 1.82) is 0 Å². The highest BCUT2D eigenvalue weighted by Crippen LogP contribution is 2.34. The fraction of sp³-hybridized carbons (Fsp3) is 0.300. The number of amides is 2. The van der Waals surface area contributed by atoms with Crippen LogP contribution >= 0.6 is 0 Å². The van der Waals surface area contributed by atoms with Gasteiger partial charge in [0.1, 0.15) is 0 Å². The number of anilines is 1. The van der Waals surface area contributed by atoms with E-state index >= 15 is 0 Å². The van der Waals surface area contributed by atoms with E-state index in [1.165, 1.54) is 19.1 Å². The number of nitrogens with zero attached hydrogens (tertiary/aromatic N) is 1. The fourth-order valence-electron chi connectivity index (χ4n) is 2.58. The van der Waals surface area contributed by atoms with Gasteiger partial charge >= 0.3 is 0 Å². The minimum Gasteiger partial charge on any atom is -0.493 e. The zero-order valence-electron chi connectivity index (χ0n) is 15.8. The van der Waals surface area contributed by atoms with Crippen molar-refractivity contribution in [2.45, 2.75) is 13.3 Å². The maximum Gasteiger partial charge on any atom is 0.255 e. The Balaban J connectivity index is 2.35. The number of rotatable bonds is 6. The lowest BCUT2D eigenvalue weighted by molar-refractivity contribution is -0.115. The van der Waals surface area contributed by atoms with Gasteiger partial charge in [0.25, 0.3) is 5.91 Å². The molecule has 2 rings (SSSR count). The summed E-state index contributed by atoms with van der Waals surface area (Å²) < 4.78 is 10.6. The van der Waals surface area contributed by atoms with Crippen LogP contribution in [-0.2, 0) is 11.2 Å². The van der Waals surface area contributed by atoms with Gasteiger partial charge in [0.2, 0.25) is 5.91 Å². The van der Waals surface area contributed by atoms with E-state index in [0.29, 0.717) is 22.7 Å². The second-order valence-corrected chi connectivity index (χ2v) is 6.10. The number of hydrogen-bond acceptors (Lipinski definition) is 4. The van der Waals surface area contributed by atoms with Gasteiger partial charge < -0.3 is 19.7 Å². The van der Waals surface area contributed by atoms with E-state index in [4.69, 9.17) is 9.47 Å². The molecule has 0 saturated carbocycles. The first-order valence-corrected chi connectivity index (χ1v) is 8.19. The Morgan fingerprint density at radius 1 is 1.04 bits per heavy atom. The van der Waals surface area contributed by atoms with Crippen LogP contribution in [0.25, 0.3) is 0 Å². The summed E-state index contributed by atoms with van der Waals surface area (Å²) in [6.07, 6.45) is 0.219. The van der Waals surface area contributed by atoms with Crippen LogP contribution in [0.5, 0.6) is 11.5 Å². The highest BCUT2D eigenvalue weighted by molar-refractivity contribution is 6.04. The van der Waals surface area contributed by atoms with Crippen LogP contribution in [0.1, 0.15) is 21.5 Å². The van der Waals surface area contributed by atoms with Gasteiger partial charge in [0, 0.05) is 20.2 Å². The largest absolute Gasteiger partial charge is 0.493 e. The van der Waals surface area contributed by atoms with Gasteiger partial charge in [-0.25, -0.2) is 0 Å². The van der Waals surface area contributed by atoms with Crippen molar-refractivity contribution >= 4 is 17.5 Å². The molecule has 6 heteroatoms. The van der Waals surface area contributed by atoms with E-state index in [1.807, 2.05) is 31.2 Å². The predicted molar refractivity (Wildman–Crippen MR) is 101 cm³/mol. The number of benzene rings is 2. The summed E-state index contributed by atoms with van der Waals surface area (Å²) in [6.45, 7) is 1.96. The summed E-state index contributed by atoms with van der Waals surface area (Å²) in [5, 5.41) is 2.83. The maximum absolute atomic E-state index is 12.5. The lowest BCUT2D eigenvalue weighted by Gasteiger charge is -2.18. The van der Waals surface area contributed by atoms with Crippen LogP contribution in [0, 0.1) is 6.92 Å². The van der Waals surface area contributed by atoms with E-state index in [1.54, 1.807) is 26.2 Å². The lowest BCUT2D eigenvalue weighted by Crippen LogP contribution is -2.24. The van der Waals surface area contributed by atoms with Crippen LogP contribution in [0.3, 0.4) is 0 Å². The minimum atomic E-state index is -0.239. The topological polar surface area (TPSA) is 67.9 Å². The van der Waals surface area contributed by atoms with Crippen molar-refractivity contribution in [2.24, 2.45) is 0 Å². The van der Waals surface area contributed by atoms with Gasteiger partial charge in [-0.15, -0.1) is 0 Å². The highest BCUT2D eigenvalue weighted by Gasteiger charge is 2.20. The molecule has 0 fully saturated rings. The van der Waals surface area contributed by atoms with Crippen molar-refractivity contribution in [3.63, 3.8) is 0 Å². The molecule has 138 valence electrons. The Morgan fingerprint density at radius 3 is 2.23 bits per heavy atom. The van der Waals surface area contributed by atoms with Crippen molar-refractivity contribution in [3.05, 3.63) is 53.1 Å². The third-order valence-corrected chi connectivity index (χ3v) is 4.05. The molecule has 2 aromatic rings. The molecule has 0 aliphatic rings. The van der Waals surface area contributed by atoms with Gasteiger partial charge in [0.05, 0.1) is 31.9 Å². The number of methoxy groups -OCH3 is 2. The van der Waals surface area contributed by atoms with Crippen LogP contribution < -0.4 is 14.8 Å². The SMILES string of the molecule is COc1cc(NC(=O)Cc2ccccc2C)c(C(=O)N(C)C)cc1OC. The van der Waals surface area contributed by atoms with E-state index in [-0.39, 0.29) is 18.2 Å². The quantitative estimate of drug-likeness (QED) is 0.864. The van der Waals surface area contributed by atoms with Gasteiger partial charge in [-0.05, 0) is 24.1 Å². The summed E-state index contributed by atoms with van der Waals surface area (Å²) in [5.74, 6) is 0.417. The zero-order valence-corrected chi connectivity index (χ0v) is 15.8. The Morgan fingerprint density at radius 2 is 1.65 bits per heavy atom. The lowest BCUT2D eigenvalue weighted by atomic mass is 10.1. The molecule has 2 amide bonds. The number of nitrogens with one attached hydrogen (secondary N) is 1. The smallest absolute Gasteiger partial charge is 0.255 e. The molecular weight excluding hydrogens is 332 g/mol. The molecule has 0 atom stereocenters. The molecule has 0 saturated heterocycles. The molecule has 0 aliphatic heterocycles. The summed E-state index contributed by atoms with van der Waals surface area (Å²) in [7, 11) is 6.30. The molecule has 0 unspecified atom stereocenters. The minimum absolute atomic E-state index is 0.209. The van der Waals surface area contributed by atoms with Gasteiger partial charge in [-0.3, -0.25) is 9.59 Å². The molecule has 26 heavy (non-hydrogen) atoms. The van der Waals surface area contributed by atoms with Gasteiger partial charge in [0.15, 0.2) is 11.5 Å². The molecule has 0 radical (unpaired) electrons. The Kier molecular flexibility index (Phi) is 6.22. The number of carbonyl (C=O) groups is 2. The first kappa shape index (κ1) is 19.3. The highest BCUT2D eigenvalue weighted by atomic mass is 16.5. The number of ether oxygens (including phenoxy) is 2. The third kappa shape index (κ3) is 4.33. The van der Waals surface area contributed by atoms with Crippen molar-refractivity contribution in [3.8, 4) is 11.5 Å². The van der Waals surface area contributed by atoms with Crippen molar-refractivity contribution < 1.29 is 19.1 Å². The number of aryl methyl sites for hydroxylation is 1. The first-order valence-electron chi connectivity index (χ1n) is 8.19. The van der Waals surface area contributed by atoms with Crippen molar-refractivity contribution in [2.75, 3.05) is 33.6 Å². The molecule has 0 aromatic heterocycles. The molecule has 6 nitrogen and oxygen atoms in total. The number of hydrogen-bond donors (Lipinski definition) is 1. The van der Waals surface area contributed by atoms with Crippen molar-refractivity contribution in [1.82, 2.24) is 4.90 Å². The standard InChI is InChI=1S/C20H24N2O4/c1-13-8-6-7-9-14(13)10-19(23)21-16-12-18(26-5)17(25-4)11-15(16)20(24)22(2)3/h6-9,11-12H,10H2,1-5H3,(H,21,23). The molecule has 0 aliphatic carbocycles. The monoisotopic (exact) mass is 356 g/mol. The van der Waals surface area contributed by atoms with E-state index < -0.39 is 0 Å². The third-order valence-electron chi connectivity index (χ3n) is 4.05. The van der Waals surface area contributed by atoms with Crippen LogP contribution in [0.2, 0.25) is 0 Å². The average Bonchev–Trinajstić information content (AvgIpc) is 2.62. The van der Waals surface area contributed by atoms with Gasteiger partial charge in [-0.2, -0.15) is 0 Å². The first-order chi connectivity index (χ1) is 12.4. The maximum atomic E-state index is 12.5. The fourth-order valence-corrected chi connectivity index (χ4v) is 2.58. The molecular formula is C20H24N2O4. The molecule has 0 bridgehead atoms. The van der Waals surface area contributed by atoms with Crippen LogP contribution in [0.15, 0.2) is 36.4 Å².